The first-order valence-electron chi connectivity index (χ1n) is 5.57. The Balaban J connectivity index is 2.29. The zero-order valence-corrected chi connectivity index (χ0v) is 9.79. The fraction of sp³-hybridized carbons (Fsp3) is 0.429. The summed E-state index contributed by atoms with van der Waals surface area (Å²) in [6, 6.07) is 8.43. The minimum Gasteiger partial charge on any atom is -0.487 e. The molecule has 1 aliphatic rings. The molecule has 0 saturated carbocycles. The van der Waals surface area contributed by atoms with Gasteiger partial charge in [-0.3, -0.25) is 5.32 Å². The lowest BCUT2D eigenvalue weighted by atomic mass is 9.90. The number of nitrogens with one attached hydrogen (secondary N) is 1. The lowest BCUT2D eigenvalue weighted by molar-refractivity contribution is 0.0669. The third-order valence-corrected chi connectivity index (χ3v) is 2.83. The highest BCUT2D eigenvalue weighted by Crippen LogP contribution is 2.38. The van der Waals surface area contributed by atoms with Crippen molar-refractivity contribution in [1.82, 2.24) is 5.32 Å². The molecule has 2 nitrogen and oxygen atoms in total. The van der Waals surface area contributed by atoms with Crippen molar-refractivity contribution in [3.63, 3.8) is 0 Å². The molecular weight excluding hydrogens is 198 g/mol. The van der Waals surface area contributed by atoms with Crippen LogP contribution < -0.4 is 10.1 Å². The van der Waals surface area contributed by atoms with Crippen LogP contribution in [-0.2, 0) is 0 Å². The van der Waals surface area contributed by atoms with E-state index < -0.39 is 0 Å². The summed E-state index contributed by atoms with van der Waals surface area (Å²) < 4.78 is 5.94. The van der Waals surface area contributed by atoms with Gasteiger partial charge in [0.05, 0.1) is 6.54 Å². The number of terminal acetylenes is 1. The van der Waals surface area contributed by atoms with Crippen molar-refractivity contribution < 1.29 is 4.74 Å². The zero-order valence-electron chi connectivity index (χ0n) is 9.79. The molecule has 2 rings (SSSR count). The quantitative estimate of drug-likeness (QED) is 0.765. The van der Waals surface area contributed by atoms with Crippen molar-refractivity contribution in [2.45, 2.75) is 31.9 Å². The summed E-state index contributed by atoms with van der Waals surface area (Å²) in [6.45, 7) is 4.80. The first-order chi connectivity index (χ1) is 7.62. The van der Waals surface area contributed by atoms with Gasteiger partial charge < -0.3 is 4.74 Å². The third-order valence-electron chi connectivity index (χ3n) is 2.83. The normalized spacial score (nSPS) is 21.7. The largest absolute Gasteiger partial charge is 0.487 e. The van der Waals surface area contributed by atoms with Crippen LogP contribution >= 0.6 is 0 Å². The summed E-state index contributed by atoms with van der Waals surface area (Å²) in [7, 11) is 0. The molecular formula is C14H17NO. The summed E-state index contributed by atoms with van der Waals surface area (Å²) in [5.74, 6) is 3.59. The van der Waals surface area contributed by atoms with Gasteiger partial charge in [0, 0.05) is 18.0 Å². The number of hydrogen-bond acceptors (Lipinski definition) is 2. The molecule has 0 aromatic heterocycles. The number of hydrogen-bond donors (Lipinski definition) is 1. The number of para-hydroxylation sites is 1. The molecule has 1 N–H and O–H groups in total. The first kappa shape index (κ1) is 11.0. The van der Waals surface area contributed by atoms with Crippen LogP contribution in [0, 0.1) is 12.3 Å². The van der Waals surface area contributed by atoms with E-state index in [4.69, 9.17) is 11.2 Å². The Morgan fingerprint density at radius 1 is 1.50 bits per heavy atom. The molecule has 1 aliphatic heterocycles. The van der Waals surface area contributed by atoms with Crippen LogP contribution in [0.2, 0.25) is 0 Å². The SMILES string of the molecule is C#CCNC1CC(C)(C)Oc2ccccc21. The summed E-state index contributed by atoms with van der Waals surface area (Å²) >= 11 is 0. The maximum Gasteiger partial charge on any atom is 0.124 e. The molecule has 84 valence electrons. The molecule has 0 amide bonds. The van der Waals surface area contributed by atoms with E-state index in [1.54, 1.807) is 0 Å². The van der Waals surface area contributed by atoms with Crippen molar-refractivity contribution in [3.8, 4) is 18.1 Å². The summed E-state index contributed by atoms with van der Waals surface area (Å²) in [5, 5.41) is 3.37. The van der Waals surface area contributed by atoms with E-state index in [1.807, 2.05) is 18.2 Å². The van der Waals surface area contributed by atoms with E-state index in [1.165, 1.54) is 5.56 Å². The minimum atomic E-state index is -0.138. The van der Waals surface area contributed by atoms with Crippen LogP contribution in [-0.4, -0.2) is 12.1 Å². The first-order valence-corrected chi connectivity index (χ1v) is 5.57. The fourth-order valence-corrected chi connectivity index (χ4v) is 2.17. The smallest absolute Gasteiger partial charge is 0.124 e. The molecule has 0 fully saturated rings. The second kappa shape index (κ2) is 4.19. The minimum absolute atomic E-state index is 0.138. The molecule has 0 radical (unpaired) electrons. The Hall–Kier alpha value is -1.46. The van der Waals surface area contributed by atoms with E-state index in [0.717, 1.165) is 12.2 Å². The Morgan fingerprint density at radius 2 is 2.25 bits per heavy atom. The van der Waals surface area contributed by atoms with Crippen LogP contribution in [0.4, 0.5) is 0 Å². The van der Waals surface area contributed by atoms with Crippen molar-refractivity contribution in [2.24, 2.45) is 0 Å². The lowest BCUT2D eigenvalue weighted by Crippen LogP contribution is -2.39. The zero-order chi connectivity index (χ0) is 11.6. The molecule has 2 heteroatoms. The van der Waals surface area contributed by atoms with Gasteiger partial charge in [0.25, 0.3) is 0 Å². The number of benzene rings is 1. The highest BCUT2D eigenvalue weighted by atomic mass is 16.5. The molecule has 16 heavy (non-hydrogen) atoms. The number of rotatable bonds is 2. The Morgan fingerprint density at radius 3 is 3.00 bits per heavy atom. The Labute approximate surface area is 97.0 Å². The number of ether oxygens (including phenoxy) is 1. The standard InChI is InChI=1S/C14H17NO/c1-4-9-15-12-10-14(2,3)16-13-8-6-5-7-11(12)13/h1,5-8,12,15H,9-10H2,2-3H3. The van der Waals surface area contributed by atoms with Gasteiger partial charge in [0.2, 0.25) is 0 Å². The predicted octanol–water partition coefficient (Wildman–Crippen LogP) is 2.51. The van der Waals surface area contributed by atoms with Gasteiger partial charge in [0.1, 0.15) is 11.4 Å². The van der Waals surface area contributed by atoms with Crippen LogP contribution in [0.3, 0.4) is 0 Å². The summed E-state index contributed by atoms with van der Waals surface area (Å²) in [4.78, 5) is 0. The van der Waals surface area contributed by atoms with Gasteiger partial charge in [-0.1, -0.05) is 24.1 Å². The third kappa shape index (κ3) is 2.20. The highest BCUT2D eigenvalue weighted by molar-refractivity contribution is 5.38. The summed E-state index contributed by atoms with van der Waals surface area (Å²) in [5.41, 5.74) is 1.07. The van der Waals surface area contributed by atoms with Crippen LogP contribution in [0.15, 0.2) is 24.3 Å². The van der Waals surface area contributed by atoms with Crippen LogP contribution in [0.1, 0.15) is 31.9 Å². The Kier molecular flexibility index (Phi) is 2.89. The van der Waals surface area contributed by atoms with Crippen molar-refractivity contribution in [3.05, 3.63) is 29.8 Å². The van der Waals surface area contributed by atoms with E-state index in [9.17, 15) is 0 Å². The van der Waals surface area contributed by atoms with Gasteiger partial charge in [0.15, 0.2) is 0 Å². The molecule has 0 saturated heterocycles. The molecule has 1 aromatic carbocycles. The maximum absolute atomic E-state index is 5.94. The molecule has 1 unspecified atom stereocenters. The van der Waals surface area contributed by atoms with E-state index in [-0.39, 0.29) is 11.6 Å². The average Bonchev–Trinajstić information content (AvgIpc) is 2.24. The second-order valence-corrected chi connectivity index (χ2v) is 4.74. The molecule has 0 aliphatic carbocycles. The molecule has 0 bridgehead atoms. The molecule has 1 atom stereocenters. The van der Waals surface area contributed by atoms with Crippen molar-refractivity contribution in [1.29, 1.82) is 0 Å². The van der Waals surface area contributed by atoms with Gasteiger partial charge in [-0.25, -0.2) is 0 Å². The van der Waals surface area contributed by atoms with Crippen LogP contribution in [0.5, 0.6) is 5.75 Å². The van der Waals surface area contributed by atoms with E-state index in [2.05, 4.69) is 31.2 Å². The highest BCUT2D eigenvalue weighted by Gasteiger charge is 2.32. The van der Waals surface area contributed by atoms with Crippen molar-refractivity contribution >= 4 is 0 Å². The monoisotopic (exact) mass is 215 g/mol. The lowest BCUT2D eigenvalue weighted by Gasteiger charge is -2.37. The van der Waals surface area contributed by atoms with E-state index in [0.29, 0.717) is 6.54 Å². The molecule has 1 heterocycles. The maximum atomic E-state index is 5.94. The van der Waals surface area contributed by atoms with Crippen molar-refractivity contribution in [2.75, 3.05) is 6.54 Å². The topological polar surface area (TPSA) is 21.3 Å². The van der Waals surface area contributed by atoms with Gasteiger partial charge in [-0.05, 0) is 19.9 Å². The number of fused-ring (bicyclic) bond motifs is 1. The Bertz CT molecular complexity index is 417. The summed E-state index contributed by atoms with van der Waals surface area (Å²) in [6.07, 6.45) is 6.23. The second-order valence-electron chi connectivity index (χ2n) is 4.74. The van der Waals surface area contributed by atoms with Gasteiger partial charge >= 0.3 is 0 Å². The fourth-order valence-electron chi connectivity index (χ4n) is 2.17. The van der Waals surface area contributed by atoms with Crippen LogP contribution in [0.25, 0.3) is 0 Å². The predicted molar refractivity (Wildman–Crippen MR) is 65.3 cm³/mol. The van der Waals surface area contributed by atoms with E-state index >= 15 is 0 Å². The van der Waals surface area contributed by atoms with Gasteiger partial charge in [-0.15, -0.1) is 6.42 Å². The average molecular weight is 215 g/mol. The van der Waals surface area contributed by atoms with Gasteiger partial charge in [-0.2, -0.15) is 0 Å². The molecule has 1 aromatic rings. The molecule has 0 spiro atoms.